The Labute approximate surface area is 152 Å². The van der Waals surface area contributed by atoms with Crippen molar-refractivity contribution < 1.29 is 4.79 Å². The molecular formula is C22H26NOSi. The largest absolute Gasteiger partial charge is 0.369 e. The van der Waals surface area contributed by atoms with Crippen molar-refractivity contribution in [3.63, 3.8) is 0 Å². The van der Waals surface area contributed by atoms with Gasteiger partial charge in [-0.05, 0) is 34.2 Å². The fourth-order valence-electron chi connectivity index (χ4n) is 5.49. The van der Waals surface area contributed by atoms with Gasteiger partial charge >= 0.3 is 0 Å². The molecule has 1 radical (unpaired) electrons. The SMILES string of the molecule is C[Si](C)C1CCCCC1(C(N)=O)C1c2ccccc2-c2ccccc21. The molecule has 0 aliphatic heterocycles. The molecule has 2 N–H and O–H groups in total. The lowest BCUT2D eigenvalue weighted by atomic mass is 9.62. The molecule has 129 valence electrons. The van der Waals surface area contributed by atoms with Gasteiger partial charge in [0.1, 0.15) is 0 Å². The van der Waals surface area contributed by atoms with Crippen LogP contribution in [0.4, 0.5) is 0 Å². The molecular weight excluding hydrogens is 322 g/mol. The first kappa shape index (κ1) is 16.6. The minimum atomic E-state index is -0.626. The number of amides is 1. The highest BCUT2D eigenvalue weighted by Crippen LogP contribution is 2.61. The molecule has 1 fully saturated rings. The molecule has 2 aliphatic carbocycles. The highest BCUT2D eigenvalue weighted by molar-refractivity contribution is 6.58. The summed E-state index contributed by atoms with van der Waals surface area (Å²) in [5.41, 5.74) is 11.4. The third kappa shape index (κ3) is 2.32. The zero-order valence-corrected chi connectivity index (χ0v) is 16.1. The predicted octanol–water partition coefficient (Wildman–Crippen LogP) is 4.97. The topological polar surface area (TPSA) is 43.1 Å². The molecule has 1 amide bonds. The maximum Gasteiger partial charge on any atom is 0.224 e. The lowest BCUT2D eigenvalue weighted by Crippen LogP contribution is -2.50. The molecule has 1 saturated carbocycles. The normalized spacial score (nSPS) is 25.6. The predicted molar refractivity (Wildman–Crippen MR) is 105 cm³/mol. The average Bonchev–Trinajstić information content (AvgIpc) is 2.96. The minimum absolute atomic E-state index is 0.0834. The third-order valence-electron chi connectivity index (χ3n) is 6.46. The first-order valence-electron chi connectivity index (χ1n) is 9.35. The van der Waals surface area contributed by atoms with Gasteiger partial charge in [0.2, 0.25) is 5.91 Å². The van der Waals surface area contributed by atoms with E-state index in [1.807, 2.05) is 0 Å². The number of carbonyl (C=O) groups excluding carboxylic acids is 1. The van der Waals surface area contributed by atoms with Crippen LogP contribution < -0.4 is 5.73 Å². The number of carbonyl (C=O) groups is 1. The van der Waals surface area contributed by atoms with E-state index in [1.165, 1.54) is 28.7 Å². The highest BCUT2D eigenvalue weighted by Gasteiger charge is 2.55. The van der Waals surface area contributed by atoms with Crippen LogP contribution in [0.5, 0.6) is 0 Å². The Morgan fingerprint density at radius 2 is 1.56 bits per heavy atom. The Bertz CT molecular complexity index is 770. The van der Waals surface area contributed by atoms with Gasteiger partial charge in [0, 0.05) is 14.7 Å². The summed E-state index contributed by atoms with van der Waals surface area (Å²) in [6.07, 6.45) is 4.40. The van der Waals surface area contributed by atoms with E-state index < -0.39 is 14.2 Å². The molecule has 0 bridgehead atoms. The Kier molecular flexibility index (Phi) is 4.07. The summed E-state index contributed by atoms with van der Waals surface area (Å²) < 4.78 is 0. The third-order valence-corrected chi connectivity index (χ3v) is 8.66. The summed E-state index contributed by atoms with van der Waals surface area (Å²) in [5, 5.41) is 0. The van der Waals surface area contributed by atoms with Crippen LogP contribution in [-0.2, 0) is 4.79 Å². The molecule has 2 aliphatic rings. The van der Waals surface area contributed by atoms with E-state index in [2.05, 4.69) is 61.6 Å². The lowest BCUT2D eigenvalue weighted by molar-refractivity contribution is -0.130. The molecule has 2 atom stereocenters. The van der Waals surface area contributed by atoms with Gasteiger partial charge in [0.15, 0.2) is 0 Å². The minimum Gasteiger partial charge on any atom is -0.369 e. The number of nitrogens with two attached hydrogens (primary N) is 1. The first-order valence-corrected chi connectivity index (χ1v) is 11.9. The van der Waals surface area contributed by atoms with E-state index in [0.29, 0.717) is 5.54 Å². The second-order valence-electron chi connectivity index (χ2n) is 7.89. The van der Waals surface area contributed by atoms with Crippen LogP contribution in [0.3, 0.4) is 0 Å². The zero-order chi connectivity index (χ0) is 17.6. The van der Waals surface area contributed by atoms with Crippen LogP contribution >= 0.6 is 0 Å². The Morgan fingerprint density at radius 3 is 2.08 bits per heavy atom. The van der Waals surface area contributed by atoms with Crippen LogP contribution in [0.2, 0.25) is 18.6 Å². The van der Waals surface area contributed by atoms with Crippen molar-refractivity contribution >= 4 is 14.7 Å². The van der Waals surface area contributed by atoms with E-state index in [4.69, 9.17) is 5.73 Å². The summed E-state index contributed by atoms with van der Waals surface area (Å²) in [5.74, 6) is 0.0301. The van der Waals surface area contributed by atoms with Crippen molar-refractivity contribution in [2.75, 3.05) is 0 Å². The van der Waals surface area contributed by atoms with Gasteiger partial charge in [-0.1, -0.05) is 80.9 Å². The van der Waals surface area contributed by atoms with Gasteiger partial charge in [-0.25, -0.2) is 0 Å². The van der Waals surface area contributed by atoms with Gasteiger partial charge in [0.25, 0.3) is 0 Å². The van der Waals surface area contributed by atoms with Crippen LogP contribution in [0, 0.1) is 5.41 Å². The average molecular weight is 349 g/mol. The van der Waals surface area contributed by atoms with Crippen LogP contribution in [0.15, 0.2) is 48.5 Å². The zero-order valence-electron chi connectivity index (χ0n) is 15.1. The first-order chi connectivity index (χ1) is 12.1. The number of fused-ring (bicyclic) bond motifs is 3. The number of primary amides is 1. The van der Waals surface area contributed by atoms with Crippen LogP contribution in [0.25, 0.3) is 11.1 Å². The fourth-order valence-corrected chi connectivity index (χ4v) is 7.76. The molecule has 0 spiro atoms. The van der Waals surface area contributed by atoms with Crippen molar-refractivity contribution in [1.29, 1.82) is 0 Å². The van der Waals surface area contributed by atoms with Crippen molar-refractivity contribution in [2.45, 2.75) is 50.2 Å². The van der Waals surface area contributed by atoms with Crippen LogP contribution in [-0.4, -0.2) is 14.7 Å². The Hall–Kier alpha value is -1.87. The Morgan fingerprint density at radius 1 is 1.00 bits per heavy atom. The summed E-state index contributed by atoms with van der Waals surface area (Å²) >= 11 is 0. The van der Waals surface area contributed by atoms with Crippen molar-refractivity contribution in [2.24, 2.45) is 11.1 Å². The summed E-state index contributed by atoms with van der Waals surface area (Å²) in [7, 11) is -0.626. The van der Waals surface area contributed by atoms with Crippen LogP contribution in [0.1, 0.15) is 42.7 Å². The van der Waals surface area contributed by atoms with E-state index in [0.717, 1.165) is 19.3 Å². The van der Waals surface area contributed by atoms with Crippen molar-refractivity contribution in [1.82, 2.24) is 0 Å². The smallest absolute Gasteiger partial charge is 0.224 e. The molecule has 2 unspecified atom stereocenters. The van der Waals surface area contributed by atoms with E-state index in [-0.39, 0.29) is 11.8 Å². The molecule has 0 aromatic heterocycles. The molecule has 3 heteroatoms. The quantitative estimate of drug-likeness (QED) is 0.782. The van der Waals surface area contributed by atoms with Gasteiger partial charge in [-0.3, -0.25) is 4.79 Å². The van der Waals surface area contributed by atoms with Gasteiger partial charge in [-0.2, -0.15) is 0 Å². The number of hydrogen-bond donors (Lipinski definition) is 1. The summed E-state index contributed by atoms with van der Waals surface area (Å²) in [6, 6.07) is 17.2. The number of benzene rings is 2. The fraction of sp³-hybridized carbons (Fsp3) is 0.409. The van der Waals surface area contributed by atoms with Gasteiger partial charge in [-0.15, -0.1) is 0 Å². The second kappa shape index (κ2) is 6.13. The molecule has 25 heavy (non-hydrogen) atoms. The van der Waals surface area contributed by atoms with E-state index in [9.17, 15) is 4.79 Å². The molecule has 2 nitrogen and oxygen atoms in total. The number of rotatable bonds is 3. The molecule has 2 aromatic rings. The molecule has 2 aromatic carbocycles. The standard InChI is InChI=1S/C22H26NOSi/c1-25(2)19-13-7-8-14-22(19,21(23)24)20-17-11-5-3-9-15(17)16-10-4-6-12-18(16)20/h3-6,9-12,19-20H,7-8,13-14H2,1-2H3,(H2,23,24). The van der Waals surface area contributed by atoms with Gasteiger partial charge in [0.05, 0.1) is 5.41 Å². The second-order valence-corrected chi connectivity index (χ2v) is 10.7. The van der Waals surface area contributed by atoms with Crippen molar-refractivity contribution in [3.8, 4) is 11.1 Å². The molecule has 0 saturated heterocycles. The van der Waals surface area contributed by atoms with E-state index >= 15 is 0 Å². The van der Waals surface area contributed by atoms with E-state index in [1.54, 1.807) is 0 Å². The molecule has 0 heterocycles. The number of hydrogen-bond acceptors (Lipinski definition) is 1. The summed E-state index contributed by atoms with van der Waals surface area (Å²) in [4.78, 5) is 13.0. The Balaban J connectivity index is 1.98. The van der Waals surface area contributed by atoms with Crippen molar-refractivity contribution in [3.05, 3.63) is 59.7 Å². The summed E-state index contributed by atoms with van der Waals surface area (Å²) in [6.45, 7) is 4.70. The maximum absolute atomic E-state index is 13.0. The highest BCUT2D eigenvalue weighted by atomic mass is 28.3. The lowest BCUT2D eigenvalue weighted by Gasteiger charge is -2.48. The van der Waals surface area contributed by atoms with Gasteiger partial charge < -0.3 is 5.73 Å². The maximum atomic E-state index is 13.0. The molecule has 4 rings (SSSR count). The monoisotopic (exact) mass is 348 g/mol.